The fourth-order valence-electron chi connectivity index (χ4n) is 4.65. The monoisotopic (exact) mass is 420 g/mol. The van der Waals surface area contributed by atoms with Crippen LogP contribution in [0.3, 0.4) is 0 Å². The second-order valence-electron chi connectivity index (χ2n) is 8.48. The number of hydrogen-bond donors (Lipinski definition) is 1. The van der Waals surface area contributed by atoms with Gasteiger partial charge in [0.05, 0.1) is 0 Å². The molecule has 31 heavy (non-hydrogen) atoms. The Morgan fingerprint density at radius 3 is 2.35 bits per heavy atom. The smallest absolute Gasteiger partial charge is 0.254 e. The zero-order valence-corrected chi connectivity index (χ0v) is 18.3. The molecule has 2 fully saturated rings. The molecule has 6 heteroatoms. The van der Waals surface area contributed by atoms with Gasteiger partial charge in [-0.1, -0.05) is 48.5 Å². The first kappa shape index (κ1) is 21.5. The lowest BCUT2D eigenvalue weighted by atomic mass is 10.0. The predicted molar refractivity (Wildman–Crippen MR) is 122 cm³/mol. The molecule has 4 rings (SSSR count). The Morgan fingerprint density at radius 1 is 0.903 bits per heavy atom. The van der Waals surface area contributed by atoms with Crippen molar-refractivity contribution in [3.05, 3.63) is 71.3 Å². The zero-order chi connectivity index (χ0) is 21.6. The number of carbonyl (C=O) groups is 2. The van der Waals surface area contributed by atoms with Crippen molar-refractivity contribution in [1.82, 2.24) is 20.0 Å². The van der Waals surface area contributed by atoms with Gasteiger partial charge in [0.1, 0.15) is 6.04 Å². The van der Waals surface area contributed by atoms with Gasteiger partial charge in [-0.3, -0.25) is 19.4 Å². The van der Waals surface area contributed by atoms with Crippen molar-refractivity contribution >= 4 is 11.8 Å². The summed E-state index contributed by atoms with van der Waals surface area (Å²) in [6, 6.07) is 17.8. The average Bonchev–Trinajstić information content (AvgIpc) is 3.32. The quantitative estimate of drug-likeness (QED) is 0.780. The normalized spacial score (nSPS) is 20.0. The summed E-state index contributed by atoms with van der Waals surface area (Å²) < 4.78 is 0. The third-order valence-corrected chi connectivity index (χ3v) is 6.40. The molecular formula is C25H32N4O2. The molecule has 2 aromatic rings. The number of nitrogens with one attached hydrogen (secondary N) is 1. The van der Waals surface area contributed by atoms with Gasteiger partial charge in [0.15, 0.2) is 0 Å². The van der Waals surface area contributed by atoms with Crippen molar-refractivity contribution in [3.63, 3.8) is 0 Å². The highest BCUT2D eigenvalue weighted by Crippen LogP contribution is 2.21. The third kappa shape index (κ3) is 5.14. The number of amides is 2. The maximum Gasteiger partial charge on any atom is 0.254 e. The number of rotatable bonds is 6. The van der Waals surface area contributed by atoms with E-state index in [4.69, 9.17) is 0 Å². The van der Waals surface area contributed by atoms with Gasteiger partial charge in [0.2, 0.25) is 5.91 Å². The van der Waals surface area contributed by atoms with E-state index in [1.54, 1.807) is 7.05 Å². The molecule has 2 aliphatic heterocycles. The maximum absolute atomic E-state index is 13.5. The second kappa shape index (κ2) is 10.1. The summed E-state index contributed by atoms with van der Waals surface area (Å²) in [5.74, 6) is -0.0122. The van der Waals surface area contributed by atoms with Crippen LogP contribution in [0.25, 0.3) is 0 Å². The van der Waals surface area contributed by atoms with Crippen LogP contribution in [-0.4, -0.2) is 72.3 Å². The lowest BCUT2D eigenvalue weighted by Crippen LogP contribution is -2.59. The minimum Gasteiger partial charge on any atom is -0.358 e. The predicted octanol–water partition coefficient (Wildman–Crippen LogP) is 2.35. The molecule has 0 bridgehead atoms. The van der Waals surface area contributed by atoms with Crippen molar-refractivity contribution in [3.8, 4) is 0 Å². The van der Waals surface area contributed by atoms with E-state index in [1.165, 1.54) is 18.4 Å². The van der Waals surface area contributed by atoms with Gasteiger partial charge in [-0.2, -0.15) is 0 Å². The molecule has 0 aromatic heterocycles. The highest BCUT2D eigenvalue weighted by atomic mass is 16.2. The van der Waals surface area contributed by atoms with Crippen molar-refractivity contribution in [2.24, 2.45) is 0 Å². The SMILES string of the molecule is CNC(=O)C1CN(C(=O)c2ccccc2CN2CCCC2)CCN1Cc1ccccc1. The first-order chi connectivity index (χ1) is 15.2. The summed E-state index contributed by atoms with van der Waals surface area (Å²) in [4.78, 5) is 32.6. The molecule has 1 unspecified atom stereocenters. The van der Waals surface area contributed by atoms with E-state index >= 15 is 0 Å². The van der Waals surface area contributed by atoms with Gasteiger partial charge in [-0.25, -0.2) is 0 Å². The summed E-state index contributed by atoms with van der Waals surface area (Å²) in [6.45, 7) is 5.41. The number of nitrogens with zero attached hydrogens (tertiary/aromatic N) is 3. The molecule has 6 nitrogen and oxygen atoms in total. The molecule has 0 aliphatic carbocycles. The fraction of sp³-hybridized carbons (Fsp3) is 0.440. The summed E-state index contributed by atoms with van der Waals surface area (Å²) in [5.41, 5.74) is 3.02. The van der Waals surface area contributed by atoms with E-state index < -0.39 is 0 Å². The lowest BCUT2D eigenvalue weighted by molar-refractivity contribution is -0.128. The Hall–Kier alpha value is -2.70. The summed E-state index contributed by atoms with van der Waals surface area (Å²) in [6.07, 6.45) is 2.46. The Balaban J connectivity index is 1.49. The Labute approximate surface area is 184 Å². The van der Waals surface area contributed by atoms with Crippen LogP contribution in [0.5, 0.6) is 0 Å². The van der Waals surface area contributed by atoms with Crippen molar-refractivity contribution in [2.75, 3.05) is 39.8 Å². The van der Waals surface area contributed by atoms with Crippen LogP contribution in [0.1, 0.15) is 34.3 Å². The van der Waals surface area contributed by atoms with Gasteiger partial charge < -0.3 is 10.2 Å². The lowest BCUT2D eigenvalue weighted by Gasteiger charge is -2.40. The molecule has 0 spiro atoms. The zero-order valence-electron chi connectivity index (χ0n) is 18.3. The Morgan fingerprint density at radius 2 is 1.61 bits per heavy atom. The van der Waals surface area contributed by atoms with Crippen LogP contribution >= 0.6 is 0 Å². The number of piperazine rings is 1. The maximum atomic E-state index is 13.5. The highest BCUT2D eigenvalue weighted by Gasteiger charge is 2.34. The summed E-state index contributed by atoms with van der Waals surface area (Å²) in [7, 11) is 1.66. The van der Waals surface area contributed by atoms with Crippen LogP contribution in [0.4, 0.5) is 0 Å². The molecular weight excluding hydrogens is 388 g/mol. The number of benzene rings is 2. The van der Waals surface area contributed by atoms with Crippen LogP contribution < -0.4 is 5.32 Å². The standard InChI is InChI=1S/C25H32N4O2/c1-26-24(30)23-19-29(16-15-28(23)17-20-9-3-2-4-10-20)25(31)22-12-6-5-11-21(22)18-27-13-7-8-14-27/h2-6,9-12,23H,7-8,13-19H2,1H3,(H,26,30). The topological polar surface area (TPSA) is 55.9 Å². The van der Waals surface area contributed by atoms with Crippen molar-refractivity contribution < 1.29 is 9.59 Å². The molecule has 164 valence electrons. The van der Waals surface area contributed by atoms with E-state index in [-0.39, 0.29) is 17.9 Å². The summed E-state index contributed by atoms with van der Waals surface area (Å²) in [5, 5.41) is 2.78. The second-order valence-corrected chi connectivity index (χ2v) is 8.48. The Kier molecular flexibility index (Phi) is 6.99. The fourth-order valence-corrected chi connectivity index (χ4v) is 4.65. The third-order valence-electron chi connectivity index (χ3n) is 6.40. The van der Waals surface area contributed by atoms with Gasteiger partial charge in [-0.05, 0) is 43.1 Å². The number of hydrogen-bond acceptors (Lipinski definition) is 4. The van der Waals surface area contributed by atoms with E-state index in [1.807, 2.05) is 41.3 Å². The van der Waals surface area contributed by atoms with E-state index in [0.717, 1.165) is 30.8 Å². The van der Waals surface area contributed by atoms with E-state index in [9.17, 15) is 9.59 Å². The molecule has 2 amide bonds. The minimum atomic E-state index is -0.353. The number of likely N-dealkylation sites (N-methyl/N-ethyl adjacent to an activating group) is 1. The molecule has 0 saturated carbocycles. The van der Waals surface area contributed by atoms with Gasteiger partial charge in [0.25, 0.3) is 5.91 Å². The largest absolute Gasteiger partial charge is 0.358 e. The minimum absolute atomic E-state index is 0.0306. The molecule has 2 saturated heterocycles. The van der Waals surface area contributed by atoms with Gasteiger partial charge in [0, 0.05) is 45.3 Å². The van der Waals surface area contributed by atoms with Gasteiger partial charge >= 0.3 is 0 Å². The average molecular weight is 421 g/mol. The summed E-state index contributed by atoms with van der Waals surface area (Å²) >= 11 is 0. The van der Waals surface area contributed by atoms with E-state index in [0.29, 0.717) is 26.2 Å². The number of likely N-dealkylation sites (tertiary alicyclic amines) is 1. The van der Waals surface area contributed by atoms with Crippen LogP contribution in [0.15, 0.2) is 54.6 Å². The molecule has 0 radical (unpaired) electrons. The van der Waals surface area contributed by atoms with E-state index in [2.05, 4.69) is 33.3 Å². The van der Waals surface area contributed by atoms with Crippen LogP contribution in [0.2, 0.25) is 0 Å². The molecule has 2 aromatic carbocycles. The van der Waals surface area contributed by atoms with Crippen molar-refractivity contribution in [2.45, 2.75) is 32.0 Å². The number of carbonyl (C=O) groups excluding carboxylic acids is 2. The Bertz CT molecular complexity index is 895. The van der Waals surface area contributed by atoms with Crippen LogP contribution in [0, 0.1) is 0 Å². The van der Waals surface area contributed by atoms with Crippen molar-refractivity contribution in [1.29, 1.82) is 0 Å². The van der Waals surface area contributed by atoms with Gasteiger partial charge in [-0.15, -0.1) is 0 Å². The highest BCUT2D eigenvalue weighted by molar-refractivity contribution is 5.96. The first-order valence-corrected chi connectivity index (χ1v) is 11.2. The molecule has 1 N–H and O–H groups in total. The molecule has 2 aliphatic rings. The first-order valence-electron chi connectivity index (χ1n) is 11.2. The molecule has 2 heterocycles. The molecule has 1 atom stereocenters. The van der Waals surface area contributed by atoms with Crippen LogP contribution in [-0.2, 0) is 17.9 Å².